The van der Waals surface area contributed by atoms with Gasteiger partial charge in [0.25, 0.3) is 0 Å². The Morgan fingerprint density at radius 3 is 1.72 bits per heavy atom. The summed E-state index contributed by atoms with van der Waals surface area (Å²) in [6, 6.07) is 0. The first-order valence-corrected chi connectivity index (χ1v) is 5.67. The molecule has 0 aliphatic heterocycles. The number of rotatable bonds is 5. The van der Waals surface area contributed by atoms with Crippen LogP contribution >= 0.6 is 0 Å². The molecule has 0 amide bonds. The van der Waals surface area contributed by atoms with Crippen LogP contribution < -0.4 is 0 Å². The molecule has 0 aromatic rings. The predicted molar refractivity (Wildman–Crippen MR) is 72.1 cm³/mol. The van der Waals surface area contributed by atoms with Crippen molar-refractivity contribution in [3.63, 3.8) is 0 Å². The normalized spacial score (nSPS) is 11.0. The molecule has 0 rings (SSSR count). The fourth-order valence-corrected chi connectivity index (χ4v) is 0.606. The standard InChI is InChI=1S/C9H16O2.C5H8O2/c1-8(10)5-6-11-7-9(2,3)4;1-5(6)3-4-7-2/h5-6H,7H2,1-4H3;3-4H,1-2H3/b6-5+;4-3+. The van der Waals surface area contributed by atoms with E-state index in [-0.39, 0.29) is 17.0 Å². The minimum atomic E-state index is 0.00171. The second kappa shape index (κ2) is 10.6. The van der Waals surface area contributed by atoms with Gasteiger partial charge >= 0.3 is 0 Å². The molecule has 4 nitrogen and oxygen atoms in total. The third-order valence-corrected chi connectivity index (χ3v) is 1.35. The lowest BCUT2D eigenvalue weighted by molar-refractivity contribution is -0.113. The van der Waals surface area contributed by atoms with Crippen molar-refractivity contribution in [2.24, 2.45) is 5.41 Å². The van der Waals surface area contributed by atoms with E-state index in [1.807, 2.05) is 0 Å². The molecule has 0 aliphatic rings. The van der Waals surface area contributed by atoms with Crippen molar-refractivity contribution in [3.05, 3.63) is 24.7 Å². The van der Waals surface area contributed by atoms with E-state index in [1.165, 1.54) is 45.6 Å². The zero-order chi connectivity index (χ0) is 14.6. The second-order valence-corrected chi connectivity index (χ2v) is 4.93. The number of carbonyl (C=O) groups excluding carboxylic acids is 2. The number of methoxy groups -OCH3 is 1. The van der Waals surface area contributed by atoms with Gasteiger partial charge in [-0.3, -0.25) is 9.59 Å². The average molecular weight is 256 g/mol. The van der Waals surface area contributed by atoms with Crippen LogP contribution in [-0.4, -0.2) is 25.3 Å². The van der Waals surface area contributed by atoms with Gasteiger partial charge in [0.1, 0.15) is 0 Å². The van der Waals surface area contributed by atoms with E-state index in [2.05, 4.69) is 25.5 Å². The van der Waals surface area contributed by atoms with Crippen LogP contribution in [0.3, 0.4) is 0 Å². The summed E-state index contributed by atoms with van der Waals surface area (Å²) in [5, 5.41) is 0. The molecular weight excluding hydrogens is 232 g/mol. The molecule has 0 heterocycles. The zero-order valence-corrected chi connectivity index (χ0v) is 12.1. The molecule has 0 saturated heterocycles. The molecule has 0 fully saturated rings. The monoisotopic (exact) mass is 256 g/mol. The number of carbonyl (C=O) groups is 2. The average Bonchev–Trinajstić information content (AvgIpc) is 2.21. The Morgan fingerprint density at radius 1 is 1.00 bits per heavy atom. The predicted octanol–water partition coefficient (Wildman–Crippen LogP) is 2.89. The Hall–Kier alpha value is -1.58. The quantitative estimate of drug-likeness (QED) is 0.560. The molecule has 0 aromatic heterocycles. The maximum atomic E-state index is 10.4. The highest BCUT2D eigenvalue weighted by Crippen LogP contribution is 2.12. The number of ketones is 2. The highest BCUT2D eigenvalue weighted by atomic mass is 16.5. The van der Waals surface area contributed by atoms with E-state index in [9.17, 15) is 9.59 Å². The van der Waals surface area contributed by atoms with Gasteiger partial charge in [0, 0.05) is 12.2 Å². The number of ether oxygens (including phenoxy) is 2. The lowest BCUT2D eigenvalue weighted by Gasteiger charge is -2.16. The van der Waals surface area contributed by atoms with E-state index in [1.54, 1.807) is 0 Å². The fraction of sp³-hybridized carbons (Fsp3) is 0.571. The first-order chi connectivity index (χ1) is 8.19. The van der Waals surface area contributed by atoms with Gasteiger partial charge in [0.05, 0.1) is 26.2 Å². The summed E-state index contributed by atoms with van der Waals surface area (Å²) in [6.07, 6.45) is 5.58. The molecule has 0 bridgehead atoms. The summed E-state index contributed by atoms with van der Waals surface area (Å²) in [7, 11) is 1.50. The minimum Gasteiger partial charge on any atom is -0.504 e. The van der Waals surface area contributed by atoms with Crippen LogP contribution in [0.2, 0.25) is 0 Å². The van der Waals surface area contributed by atoms with Gasteiger partial charge in [-0.25, -0.2) is 0 Å². The lowest BCUT2D eigenvalue weighted by atomic mass is 9.99. The van der Waals surface area contributed by atoms with Gasteiger partial charge in [-0.15, -0.1) is 0 Å². The summed E-state index contributed by atoms with van der Waals surface area (Å²) in [5.74, 6) is 0.0146. The molecule has 0 unspecified atom stereocenters. The smallest absolute Gasteiger partial charge is 0.155 e. The van der Waals surface area contributed by atoms with Gasteiger partial charge in [-0.2, -0.15) is 0 Å². The Balaban J connectivity index is 0. The Labute approximate surface area is 110 Å². The van der Waals surface area contributed by atoms with E-state index in [0.717, 1.165) is 0 Å². The molecule has 0 radical (unpaired) electrons. The second-order valence-electron chi connectivity index (χ2n) is 4.93. The summed E-state index contributed by atoms with van der Waals surface area (Å²) in [5.41, 5.74) is 0.154. The number of hydrogen-bond donors (Lipinski definition) is 0. The molecule has 0 aromatic carbocycles. The van der Waals surface area contributed by atoms with Crippen LogP contribution in [0.25, 0.3) is 0 Å². The summed E-state index contributed by atoms with van der Waals surface area (Å²) in [4.78, 5) is 20.4. The van der Waals surface area contributed by atoms with Gasteiger partial charge in [0.2, 0.25) is 0 Å². The number of allylic oxidation sites excluding steroid dienone is 2. The van der Waals surface area contributed by atoms with Gasteiger partial charge < -0.3 is 9.47 Å². The van der Waals surface area contributed by atoms with Crippen LogP contribution in [0, 0.1) is 5.41 Å². The Kier molecular flexibility index (Phi) is 11.0. The molecule has 104 valence electrons. The lowest BCUT2D eigenvalue weighted by Crippen LogP contribution is -2.12. The molecule has 18 heavy (non-hydrogen) atoms. The molecule has 0 spiro atoms. The van der Waals surface area contributed by atoms with Crippen molar-refractivity contribution in [1.29, 1.82) is 0 Å². The third-order valence-electron chi connectivity index (χ3n) is 1.35. The zero-order valence-electron chi connectivity index (χ0n) is 12.1. The van der Waals surface area contributed by atoms with Crippen LogP contribution in [0.5, 0.6) is 0 Å². The van der Waals surface area contributed by atoms with Gasteiger partial charge in [0.15, 0.2) is 11.6 Å². The Bertz CT molecular complexity index is 295. The fourth-order valence-electron chi connectivity index (χ4n) is 0.606. The summed E-state index contributed by atoms with van der Waals surface area (Å²) < 4.78 is 9.56. The van der Waals surface area contributed by atoms with E-state index in [0.29, 0.717) is 6.61 Å². The SMILES string of the molecule is CC(=O)/C=C/OCC(C)(C)C.CO/C=C/C(C)=O. The van der Waals surface area contributed by atoms with Gasteiger partial charge in [-0.1, -0.05) is 20.8 Å². The maximum Gasteiger partial charge on any atom is 0.155 e. The van der Waals surface area contributed by atoms with Crippen molar-refractivity contribution in [3.8, 4) is 0 Å². The molecule has 0 atom stereocenters. The van der Waals surface area contributed by atoms with Crippen LogP contribution in [0.1, 0.15) is 34.6 Å². The summed E-state index contributed by atoms with van der Waals surface area (Å²) in [6.45, 7) is 9.83. The molecule has 4 heteroatoms. The molecule has 0 aliphatic carbocycles. The van der Waals surface area contributed by atoms with E-state index >= 15 is 0 Å². The van der Waals surface area contributed by atoms with E-state index in [4.69, 9.17) is 4.74 Å². The topological polar surface area (TPSA) is 52.6 Å². The largest absolute Gasteiger partial charge is 0.504 e. The first-order valence-electron chi connectivity index (χ1n) is 5.67. The first kappa shape index (κ1) is 18.8. The van der Waals surface area contributed by atoms with E-state index < -0.39 is 0 Å². The van der Waals surface area contributed by atoms with Crippen LogP contribution in [-0.2, 0) is 19.1 Å². The highest BCUT2D eigenvalue weighted by molar-refractivity contribution is 5.87. The minimum absolute atomic E-state index is 0.00171. The maximum absolute atomic E-state index is 10.4. The van der Waals surface area contributed by atoms with Crippen LogP contribution in [0.15, 0.2) is 24.7 Å². The van der Waals surface area contributed by atoms with Crippen molar-refractivity contribution in [2.75, 3.05) is 13.7 Å². The van der Waals surface area contributed by atoms with Crippen molar-refractivity contribution < 1.29 is 19.1 Å². The molecule has 0 N–H and O–H groups in total. The van der Waals surface area contributed by atoms with Crippen molar-refractivity contribution in [2.45, 2.75) is 34.6 Å². The Morgan fingerprint density at radius 2 is 1.44 bits per heavy atom. The summed E-state index contributed by atoms with van der Waals surface area (Å²) >= 11 is 0. The third kappa shape index (κ3) is 23.9. The van der Waals surface area contributed by atoms with Gasteiger partial charge in [-0.05, 0) is 19.3 Å². The number of hydrogen-bond acceptors (Lipinski definition) is 4. The highest BCUT2D eigenvalue weighted by Gasteiger charge is 2.08. The molecule has 0 saturated carbocycles. The van der Waals surface area contributed by atoms with Crippen molar-refractivity contribution in [1.82, 2.24) is 0 Å². The molecular formula is C14H24O4. The van der Waals surface area contributed by atoms with Crippen LogP contribution in [0.4, 0.5) is 0 Å². The van der Waals surface area contributed by atoms with Crippen molar-refractivity contribution >= 4 is 11.6 Å².